The van der Waals surface area contributed by atoms with E-state index in [1.54, 1.807) is 11.3 Å². The van der Waals surface area contributed by atoms with Crippen molar-refractivity contribution in [1.29, 1.82) is 0 Å². The van der Waals surface area contributed by atoms with Crippen molar-refractivity contribution in [3.8, 4) is 0 Å². The molecule has 0 radical (unpaired) electrons. The molecule has 0 spiro atoms. The summed E-state index contributed by atoms with van der Waals surface area (Å²) >= 11 is 1.79. The van der Waals surface area contributed by atoms with Gasteiger partial charge in [0.05, 0.1) is 0 Å². The average Bonchev–Trinajstić information content (AvgIpc) is 3.15. The third kappa shape index (κ3) is 3.25. The Bertz CT molecular complexity index is 442. The Labute approximate surface area is 126 Å². The third-order valence-corrected chi connectivity index (χ3v) is 6.17. The molecule has 0 saturated heterocycles. The Kier molecular flexibility index (Phi) is 4.45. The molecule has 1 heterocycles. The molecule has 3 rings (SSSR count). The lowest BCUT2D eigenvalue weighted by molar-refractivity contribution is -0.122. The highest BCUT2D eigenvalue weighted by Crippen LogP contribution is 2.49. The Hall–Kier alpha value is -0.830. The second-order valence-corrected chi connectivity index (χ2v) is 7.66. The maximum atomic E-state index is 12.0. The Morgan fingerprint density at radius 3 is 3.00 bits per heavy atom. The Morgan fingerprint density at radius 1 is 1.45 bits per heavy atom. The zero-order chi connectivity index (χ0) is 13.9. The highest BCUT2D eigenvalue weighted by molar-refractivity contribution is 7.09. The van der Waals surface area contributed by atoms with Crippen LogP contribution in [-0.2, 0) is 11.2 Å². The number of rotatable bonds is 6. The van der Waals surface area contributed by atoms with Crippen LogP contribution in [0, 0.1) is 17.8 Å². The van der Waals surface area contributed by atoms with E-state index in [2.05, 4.69) is 29.8 Å². The first-order valence-corrected chi connectivity index (χ1v) is 8.92. The van der Waals surface area contributed by atoms with Crippen LogP contribution in [0.25, 0.3) is 0 Å². The van der Waals surface area contributed by atoms with E-state index in [0.29, 0.717) is 12.5 Å². The number of thiophene rings is 1. The Balaban J connectivity index is 1.38. The molecule has 0 aromatic carbocycles. The summed E-state index contributed by atoms with van der Waals surface area (Å²) in [4.78, 5) is 13.4. The van der Waals surface area contributed by atoms with Gasteiger partial charge in [-0.05, 0) is 68.2 Å². The van der Waals surface area contributed by atoms with Gasteiger partial charge in [-0.25, -0.2) is 0 Å². The predicted molar refractivity (Wildman–Crippen MR) is 83.8 cm³/mol. The van der Waals surface area contributed by atoms with E-state index >= 15 is 0 Å². The van der Waals surface area contributed by atoms with E-state index < -0.39 is 0 Å². The summed E-state index contributed by atoms with van der Waals surface area (Å²) in [7, 11) is 0. The molecule has 0 aliphatic heterocycles. The summed E-state index contributed by atoms with van der Waals surface area (Å²) in [5.41, 5.74) is 0. The van der Waals surface area contributed by atoms with Crippen molar-refractivity contribution in [2.45, 2.75) is 57.9 Å². The molecule has 1 aromatic heterocycles. The number of hydrogen-bond acceptors (Lipinski definition) is 2. The molecule has 2 nitrogen and oxygen atoms in total. The zero-order valence-corrected chi connectivity index (χ0v) is 13.1. The van der Waals surface area contributed by atoms with E-state index in [-0.39, 0.29) is 5.91 Å². The molecule has 3 heteroatoms. The SMILES string of the molecule is C[C@H](NC(=O)CCCc1cccs1)[C@H]1C[C@@H]2CC[C@@H]1C2. The van der Waals surface area contributed by atoms with Gasteiger partial charge in [0.15, 0.2) is 0 Å². The summed E-state index contributed by atoms with van der Waals surface area (Å²) in [6.45, 7) is 2.21. The Morgan fingerprint density at radius 2 is 2.35 bits per heavy atom. The number of amides is 1. The standard InChI is InChI=1S/C17H25NOS/c1-12(16-11-13-7-8-14(16)10-13)18-17(19)6-2-4-15-5-3-9-20-15/h3,5,9,12-14,16H,2,4,6-8,10-11H2,1H3,(H,18,19)/t12-,13+,14+,16+/m0/s1. The van der Waals surface area contributed by atoms with E-state index in [4.69, 9.17) is 0 Å². The van der Waals surface area contributed by atoms with E-state index in [1.807, 2.05) is 0 Å². The summed E-state index contributed by atoms with van der Waals surface area (Å²) in [6.07, 6.45) is 8.27. The van der Waals surface area contributed by atoms with Crippen LogP contribution in [0.5, 0.6) is 0 Å². The van der Waals surface area contributed by atoms with Crippen molar-refractivity contribution in [1.82, 2.24) is 5.32 Å². The minimum Gasteiger partial charge on any atom is -0.353 e. The van der Waals surface area contributed by atoms with Gasteiger partial charge in [0.2, 0.25) is 5.91 Å². The number of carbonyl (C=O) groups is 1. The molecular weight excluding hydrogens is 266 g/mol. The van der Waals surface area contributed by atoms with Gasteiger partial charge in [-0.2, -0.15) is 0 Å². The number of nitrogens with one attached hydrogen (secondary N) is 1. The van der Waals surface area contributed by atoms with E-state index in [0.717, 1.165) is 30.6 Å². The van der Waals surface area contributed by atoms with Gasteiger partial charge in [-0.3, -0.25) is 4.79 Å². The van der Waals surface area contributed by atoms with Crippen LogP contribution in [0.3, 0.4) is 0 Å². The first-order chi connectivity index (χ1) is 9.72. The van der Waals surface area contributed by atoms with Crippen molar-refractivity contribution in [3.63, 3.8) is 0 Å². The molecule has 4 atom stereocenters. The van der Waals surface area contributed by atoms with Crippen LogP contribution in [0.15, 0.2) is 17.5 Å². The second kappa shape index (κ2) is 6.30. The van der Waals surface area contributed by atoms with Crippen LogP contribution >= 0.6 is 11.3 Å². The summed E-state index contributed by atoms with van der Waals surface area (Å²) in [5, 5.41) is 5.36. The summed E-state index contributed by atoms with van der Waals surface area (Å²) in [5.74, 6) is 2.84. The fraction of sp³-hybridized carbons (Fsp3) is 0.706. The van der Waals surface area contributed by atoms with Gasteiger partial charge >= 0.3 is 0 Å². The monoisotopic (exact) mass is 291 g/mol. The van der Waals surface area contributed by atoms with Crippen LogP contribution < -0.4 is 5.32 Å². The van der Waals surface area contributed by atoms with Crippen molar-refractivity contribution < 1.29 is 4.79 Å². The molecular formula is C17H25NOS. The molecule has 20 heavy (non-hydrogen) atoms. The molecule has 2 bridgehead atoms. The quantitative estimate of drug-likeness (QED) is 0.843. The maximum absolute atomic E-state index is 12.0. The highest BCUT2D eigenvalue weighted by Gasteiger charge is 2.41. The molecule has 2 aliphatic carbocycles. The number of carbonyl (C=O) groups excluding carboxylic acids is 1. The predicted octanol–water partition coefficient (Wildman–Crippen LogP) is 4.01. The van der Waals surface area contributed by atoms with Crippen molar-refractivity contribution in [2.75, 3.05) is 0 Å². The molecule has 1 amide bonds. The molecule has 2 saturated carbocycles. The fourth-order valence-electron chi connectivity index (χ4n) is 4.22. The van der Waals surface area contributed by atoms with Gasteiger partial charge in [-0.15, -0.1) is 11.3 Å². The average molecular weight is 291 g/mol. The number of fused-ring (bicyclic) bond motifs is 2. The maximum Gasteiger partial charge on any atom is 0.220 e. The molecule has 1 aromatic rings. The lowest BCUT2D eigenvalue weighted by Crippen LogP contribution is -2.40. The van der Waals surface area contributed by atoms with Crippen LogP contribution in [0.4, 0.5) is 0 Å². The third-order valence-electron chi connectivity index (χ3n) is 5.23. The van der Waals surface area contributed by atoms with Gasteiger partial charge in [0, 0.05) is 17.3 Å². The van der Waals surface area contributed by atoms with E-state index in [1.165, 1.54) is 30.6 Å². The zero-order valence-electron chi connectivity index (χ0n) is 12.3. The first kappa shape index (κ1) is 14.1. The minimum absolute atomic E-state index is 0.247. The number of aryl methyl sites for hydroxylation is 1. The first-order valence-electron chi connectivity index (χ1n) is 8.04. The summed E-state index contributed by atoms with van der Waals surface area (Å²) < 4.78 is 0. The van der Waals surface area contributed by atoms with Crippen LogP contribution in [-0.4, -0.2) is 11.9 Å². The number of hydrogen-bond donors (Lipinski definition) is 1. The minimum atomic E-state index is 0.247. The van der Waals surface area contributed by atoms with Gasteiger partial charge in [0.25, 0.3) is 0 Å². The van der Waals surface area contributed by atoms with Gasteiger partial charge < -0.3 is 5.32 Å². The molecule has 0 unspecified atom stereocenters. The molecule has 110 valence electrons. The molecule has 2 aliphatic rings. The van der Waals surface area contributed by atoms with Gasteiger partial charge in [-0.1, -0.05) is 12.5 Å². The highest BCUT2D eigenvalue weighted by atomic mass is 32.1. The van der Waals surface area contributed by atoms with Crippen LogP contribution in [0.2, 0.25) is 0 Å². The van der Waals surface area contributed by atoms with Crippen molar-refractivity contribution in [3.05, 3.63) is 22.4 Å². The molecule has 2 fully saturated rings. The van der Waals surface area contributed by atoms with Crippen LogP contribution in [0.1, 0.15) is 50.3 Å². The topological polar surface area (TPSA) is 29.1 Å². The smallest absolute Gasteiger partial charge is 0.220 e. The fourth-order valence-corrected chi connectivity index (χ4v) is 4.97. The second-order valence-electron chi connectivity index (χ2n) is 6.63. The largest absolute Gasteiger partial charge is 0.353 e. The normalized spacial score (nSPS) is 29.6. The summed E-state index contributed by atoms with van der Waals surface area (Å²) in [6, 6.07) is 4.61. The molecule has 1 N–H and O–H groups in total. The van der Waals surface area contributed by atoms with Gasteiger partial charge in [0.1, 0.15) is 0 Å². The van der Waals surface area contributed by atoms with Crippen molar-refractivity contribution in [2.24, 2.45) is 17.8 Å². The van der Waals surface area contributed by atoms with Crippen molar-refractivity contribution >= 4 is 17.2 Å². The lowest BCUT2D eigenvalue weighted by Gasteiger charge is -2.28. The van der Waals surface area contributed by atoms with E-state index in [9.17, 15) is 4.79 Å². The lowest BCUT2D eigenvalue weighted by atomic mass is 9.84.